The molecule has 0 amide bonds. The number of carbonyl (C=O) groups is 1. The molecule has 0 bridgehead atoms. The SMILES string of the molecule is C\C1=C/C(CCc2cccc(C#N)c2)=C\C=C(\C=C(/O)C(=O)O)CC1. The van der Waals surface area contributed by atoms with Crippen molar-refractivity contribution in [3.8, 4) is 6.07 Å². The lowest BCUT2D eigenvalue weighted by Crippen LogP contribution is -2.00. The van der Waals surface area contributed by atoms with Gasteiger partial charge in [-0.25, -0.2) is 4.79 Å². The second-order valence-corrected chi connectivity index (χ2v) is 6.12. The van der Waals surface area contributed by atoms with Crippen LogP contribution in [0.2, 0.25) is 0 Å². The molecule has 128 valence electrons. The van der Waals surface area contributed by atoms with Crippen LogP contribution in [0.3, 0.4) is 0 Å². The monoisotopic (exact) mass is 335 g/mol. The summed E-state index contributed by atoms with van der Waals surface area (Å²) in [5, 5.41) is 27.2. The molecule has 0 spiro atoms. The van der Waals surface area contributed by atoms with Crippen LogP contribution in [-0.2, 0) is 11.2 Å². The topological polar surface area (TPSA) is 81.3 Å². The molecule has 25 heavy (non-hydrogen) atoms. The lowest BCUT2D eigenvalue weighted by atomic mass is 9.95. The van der Waals surface area contributed by atoms with E-state index in [-0.39, 0.29) is 0 Å². The smallest absolute Gasteiger partial charge is 0.370 e. The van der Waals surface area contributed by atoms with Crippen LogP contribution in [0.15, 0.2) is 71.0 Å². The standard InChI is InChI=1S/C21H21NO3/c1-15-5-6-18(13-20(23)21(24)25)10-9-17(11-15)8-7-16-3-2-4-19(12-16)14-22/h2-4,9-13,23H,5-8H2,1H3,(H,24,25)/b15-11+,17-9-,18-10+,20-13-. The number of aliphatic carboxylic acids is 1. The third-order valence-corrected chi connectivity index (χ3v) is 4.05. The predicted octanol–water partition coefficient (Wildman–Crippen LogP) is 4.61. The first-order valence-electron chi connectivity index (χ1n) is 8.18. The van der Waals surface area contributed by atoms with Crippen LogP contribution in [0, 0.1) is 11.3 Å². The first kappa shape index (κ1) is 18.3. The van der Waals surface area contributed by atoms with Crippen LogP contribution in [0.1, 0.15) is 37.3 Å². The number of carboxylic acid groups (broad SMARTS) is 1. The summed E-state index contributed by atoms with van der Waals surface area (Å²) in [6, 6.07) is 9.74. The van der Waals surface area contributed by atoms with Gasteiger partial charge in [0.05, 0.1) is 11.6 Å². The van der Waals surface area contributed by atoms with E-state index in [4.69, 9.17) is 10.4 Å². The molecule has 1 aliphatic rings. The van der Waals surface area contributed by atoms with E-state index in [9.17, 15) is 9.90 Å². The number of rotatable bonds is 5. The Morgan fingerprint density at radius 3 is 2.76 bits per heavy atom. The minimum Gasteiger partial charge on any atom is -0.502 e. The van der Waals surface area contributed by atoms with E-state index in [0.717, 1.165) is 36.0 Å². The normalized spacial score (nSPS) is 21.4. The van der Waals surface area contributed by atoms with Gasteiger partial charge in [-0.15, -0.1) is 0 Å². The van der Waals surface area contributed by atoms with Crippen molar-refractivity contribution < 1.29 is 15.0 Å². The maximum Gasteiger partial charge on any atom is 0.370 e. The van der Waals surface area contributed by atoms with Gasteiger partial charge in [-0.05, 0) is 67.5 Å². The molecule has 0 radical (unpaired) electrons. The highest BCUT2D eigenvalue weighted by Crippen LogP contribution is 2.22. The van der Waals surface area contributed by atoms with Crippen molar-refractivity contribution in [2.45, 2.75) is 32.6 Å². The maximum atomic E-state index is 10.8. The Balaban J connectivity index is 2.16. The fourth-order valence-corrected chi connectivity index (χ4v) is 2.67. The van der Waals surface area contributed by atoms with E-state index < -0.39 is 11.7 Å². The Morgan fingerprint density at radius 1 is 1.24 bits per heavy atom. The zero-order valence-electron chi connectivity index (χ0n) is 14.2. The van der Waals surface area contributed by atoms with E-state index in [2.05, 4.69) is 12.1 Å². The second-order valence-electron chi connectivity index (χ2n) is 6.12. The summed E-state index contributed by atoms with van der Waals surface area (Å²) >= 11 is 0. The van der Waals surface area contributed by atoms with Gasteiger partial charge in [0.15, 0.2) is 0 Å². The number of aryl methyl sites for hydroxylation is 1. The van der Waals surface area contributed by atoms with Gasteiger partial charge in [-0.2, -0.15) is 5.26 Å². The molecule has 0 aliphatic heterocycles. The van der Waals surface area contributed by atoms with E-state index in [0.29, 0.717) is 12.0 Å². The molecule has 1 aromatic carbocycles. The lowest BCUT2D eigenvalue weighted by Gasteiger charge is -2.10. The van der Waals surface area contributed by atoms with Crippen molar-refractivity contribution in [1.29, 1.82) is 5.26 Å². The molecule has 0 unspecified atom stereocenters. The van der Waals surface area contributed by atoms with Crippen molar-refractivity contribution in [2.24, 2.45) is 0 Å². The Labute approximate surface area is 147 Å². The van der Waals surface area contributed by atoms with Crippen LogP contribution in [0.5, 0.6) is 0 Å². The molecule has 0 atom stereocenters. The number of aliphatic hydroxyl groups is 1. The molecule has 0 fully saturated rings. The maximum absolute atomic E-state index is 10.8. The molecular formula is C21H21NO3. The lowest BCUT2D eigenvalue weighted by molar-refractivity contribution is -0.135. The van der Waals surface area contributed by atoms with Crippen molar-refractivity contribution in [3.05, 3.63) is 82.2 Å². The summed E-state index contributed by atoms with van der Waals surface area (Å²) in [4.78, 5) is 10.8. The highest BCUT2D eigenvalue weighted by molar-refractivity contribution is 5.84. The summed E-state index contributed by atoms with van der Waals surface area (Å²) in [6.07, 6.45) is 10.5. The molecular weight excluding hydrogens is 314 g/mol. The average molecular weight is 335 g/mol. The van der Waals surface area contributed by atoms with Gasteiger partial charge in [0, 0.05) is 0 Å². The summed E-state index contributed by atoms with van der Waals surface area (Å²) in [6.45, 7) is 2.05. The molecule has 4 heteroatoms. The third-order valence-electron chi connectivity index (χ3n) is 4.05. The van der Waals surface area contributed by atoms with Gasteiger partial charge in [0.2, 0.25) is 5.76 Å². The van der Waals surface area contributed by atoms with E-state index in [1.807, 2.05) is 37.3 Å². The van der Waals surface area contributed by atoms with Crippen molar-refractivity contribution >= 4 is 5.97 Å². The minimum atomic E-state index is -1.32. The number of hydrogen-bond donors (Lipinski definition) is 2. The molecule has 2 rings (SSSR count). The number of allylic oxidation sites excluding steroid dienone is 7. The molecule has 1 aromatic rings. The van der Waals surface area contributed by atoms with Crippen molar-refractivity contribution in [3.63, 3.8) is 0 Å². The Kier molecular flexibility index (Phi) is 6.36. The summed E-state index contributed by atoms with van der Waals surface area (Å²) in [5.74, 6) is -1.96. The highest BCUT2D eigenvalue weighted by atomic mass is 16.4. The summed E-state index contributed by atoms with van der Waals surface area (Å²) in [7, 11) is 0. The van der Waals surface area contributed by atoms with Gasteiger partial charge in [0.1, 0.15) is 0 Å². The number of benzene rings is 1. The van der Waals surface area contributed by atoms with E-state index in [1.165, 1.54) is 11.6 Å². The molecule has 0 saturated carbocycles. The summed E-state index contributed by atoms with van der Waals surface area (Å²) in [5.41, 5.74) is 4.91. The predicted molar refractivity (Wildman–Crippen MR) is 97.0 cm³/mol. The third kappa shape index (κ3) is 5.82. The first-order chi connectivity index (χ1) is 12.0. The van der Waals surface area contributed by atoms with Crippen molar-refractivity contribution in [2.75, 3.05) is 0 Å². The molecule has 0 saturated heterocycles. The number of aliphatic hydroxyl groups excluding tert-OH is 1. The van der Waals surface area contributed by atoms with Crippen molar-refractivity contribution in [1.82, 2.24) is 0 Å². The van der Waals surface area contributed by atoms with Gasteiger partial charge in [-0.1, -0.05) is 35.9 Å². The van der Waals surface area contributed by atoms with E-state index >= 15 is 0 Å². The fourth-order valence-electron chi connectivity index (χ4n) is 2.67. The van der Waals surface area contributed by atoms with Gasteiger partial charge >= 0.3 is 5.97 Å². The number of nitriles is 1. The van der Waals surface area contributed by atoms with Gasteiger partial charge in [0.25, 0.3) is 0 Å². The van der Waals surface area contributed by atoms with Gasteiger partial charge < -0.3 is 10.2 Å². The molecule has 0 heterocycles. The largest absolute Gasteiger partial charge is 0.502 e. The fraction of sp³-hybridized carbons (Fsp3) is 0.238. The second kappa shape index (κ2) is 8.70. The molecule has 2 N–H and O–H groups in total. The number of nitrogens with zero attached hydrogens (tertiary/aromatic N) is 1. The zero-order valence-corrected chi connectivity index (χ0v) is 14.2. The quantitative estimate of drug-likeness (QED) is 0.608. The van der Waals surface area contributed by atoms with Gasteiger partial charge in [-0.3, -0.25) is 0 Å². The summed E-state index contributed by atoms with van der Waals surface area (Å²) < 4.78 is 0. The molecule has 1 aliphatic carbocycles. The van der Waals surface area contributed by atoms with Crippen LogP contribution in [-0.4, -0.2) is 16.2 Å². The Hall–Kier alpha value is -3.06. The molecule has 4 nitrogen and oxygen atoms in total. The van der Waals surface area contributed by atoms with Crippen LogP contribution in [0.4, 0.5) is 0 Å². The van der Waals surface area contributed by atoms with Crippen LogP contribution >= 0.6 is 0 Å². The Bertz CT molecular complexity index is 820. The highest BCUT2D eigenvalue weighted by Gasteiger charge is 2.07. The van der Waals surface area contributed by atoms with E-state index in [1.54, 1.807) is 6.07 Å². The minimum absolute atomic E-state index is 0.642. The number of hydrogen-bond acceptors (Lipinski definition) is 3. The molecule has 0 aromatic heterocycles. The first-order valence-corrected chi connectivity index (χ1v) is 8.18. The van der Waals surface area contributed by atoms with Crippen LogP contribution in [0.25, 0.3) is 0 Å². The average Bonchev–Trinajstić information content (AvgIpc) is 2.59. The Morgan fingerprint density at radius 2 is 2.04 bits per heavy atom. The zero-order chi connectivity index (χ0) is 18.2. The number of carboxylic acids is 1. The van der Waals surface area contributed by atoms with Crippen LogP contribution < -0.4 is 0 Å².